The van der Waals surface area contributed by atoms with Crippen molar-refractivity contribution in [1.82, 2.24) is 9.97 Å². The fourth-order valence-corrected chi connectivity index (χ4v) is 1.43. The number of fused-ring (bicyclic) bond motifs is 1. The van der Waals surface area contributed by atoms with Crippen molar-refractivity contribution in [3.05, 3.63) is 29.6 Å². The lowest BCUT2D eigenvalue weighted by atomic mass is 10.1. The average Bonchev–Trinajstić information content (AvgIpc) is 2.50. The number of aromatic amines is 1. The van der Waals surface area contributed by atoms with Crippen LogP contribution in [-0.4, -0.2) is 15.9 Å². The van der Waals surface area contributed by atoms with Crippen LogP contribution in [0.4, 0.5) is 0 Å². The number of aromatic nitrogens is 2. The van der Waals surface area contributed by atoms with Gasteiger partial charge in [-0.05, 0) is 18.6 Å². The molecule has 0 aromatic carbocycles. The topological polar surface area (TPSA) is 71.8 Å². The van der Waals surface area contributed by atoms with Crippen LogP contribution in [0.25, 0.3) is 11.0 Å². The van der Waals surface area contributed by atoms with Crippen molar-refractivity contribution >= 4 is 16.9 Å². The Labute approximate surface area is 74.8 Å². The van der Waals surface area contributed by atoms with Crippen molar-refractivity contribution < 1.29 is 4.79 Å². The van der Waals surface area contributed by atoms with Crippen molar-refractivity contribution in [1.29, 1.82) is 0 Å². The summed E-state index contributed by atoms with van der Waals surface area (Å²) in [5, 5.41) is 0.785. The molecular weight excluding hydrogens is 166 g/mol. The van der Waals surface area contributed by atoms with Crippen molar-refractivity contribution in [2.45, 2.75) is 6.92 Å². The Hall–Kier alpha value is -1.84. The smallest absolute Gasteiger partial charge is 0.249 e. The predicted octanol–water partition coefficient (Wildman–Crippen LogP) is 0.970. The Bertz CT molecular complexity index is 473. The molecule has 13 heavy (non-hydrogen) atoms. The summed E-state index contributed by atoms with van der Waals surface area (Å²) in [5.74, 6) is -0.412. The molecular formula is C9H9N3O. The van der Waals surface area contributed by atoms with Gasteiger partial charge in [0.15, 0.2) is 0 Å². The van der Waals surface area contributed by atoms with Gasteiger partial charge in [-0.2, -0.15) is 0 Å². The normalized spacial score (nSPS) is 10.5. The Morgan fingerprint density at radius 2 is 2.38 bits per heavy atom. The van der Waals surface area contributed by atoms with Crippen molar-refractivity contribution in [2.24, 2.45) is 5.73 Å². The van der Waals surface area contributed by atoms with E-state index in [1.165, 1.54) is 0 Å². The maximum atomic E-state index is 11.1. The molecule has 0 bridgehead atoms. The third-order valence-electron chi connectivity index (χ3n) is 2.02. The van der Waals surface area contributed by atoms with E-state index < -0.39 is 5.91 Å². The summed E-state index contributed by atoms with van der Waals surface area (Å²) < 4.78 is 0. The van der Waals surface area contributed by atoms with E-state index >= 15 is 0 Å². The van der Waals surface area contributed by atoms with Crippen LogP contribution >= 0.6 is 0 Å². The molecule has 0 unspecified atom stereocenters. The van der Waals surface area contributed by atoms with Gasteiger partial charge < -0.3 is 10.7 Å². The van der Waals surface area contributed by atoms with Crippen LogP contribution in [0.15, 0.2) is 18.5 Å². The van der Waals surface area contributed by atoms with E-state index in [2.05, 4.69) is 9.97 Å². The highest BCUT2D eigenvalue weighted by molar-refractivity contribution is 6.05. The third-order valence-corrected chi connectivity index (χ3v) is 2.02. The van der Waals surface area contributed by atoms with E-state index in [0.717, 1.165) is 10.9 Å². The maximum Gasteiger partial charge on any atom is 0.249 e. The highest BCUT2D eigenvalue weighted by Gasteiger charge is 2.10. The molecule has 2 aromatic rings. The maximum absolute atomic E-state index is 11.1. The molecule has 0 saturated heterocycles. The molecule has 0 atom stereocenters. The largest absolute Gasteiger partial charge is 0.366 e. The van der Waals surface area contributed by atoms with Crippen LogP contribution in [0.2, 0.25) is 0 Å². The highest BCUT2D eigenvalue weighted by Crippen LogP contribution is 2.17. The second-order valence-corrected chi connectivity index (χ2v) is 2.92. The molecule has 66 valence electrons. The number of primary amides is 1. The number of hydrogen-bond acceptors (Lipinski definition) is 2. The number of aryl methyl sites for hydroxylation is 1. The first kappa shape index (κ1) is 7.79. The molecule has 0 aliphatic heterocycles. The number of nitrogens with one attached hydrogen (secondary N) is 1. The molecule has 1 amide bonds. The molecule has 0 radical (unpaired) electrons. The van der Waals surface area contributed by atoms with Gasteiger partial charge in [0.2, 0.25) is 5.91 Å². The number of carbonyl (C=O) groups is 1. The van der Waals surface area contributed by atoms with E-state index in [0.29, 0.717) is 11.2 Å². The van der Waals surface area contributed by atoms with Gasteiger partial charge in [0, 0.05) is 17.8 Å². The summed E-state index contributed by atoms with van der Waals surface area (Å²) in [6.45, 7) is 1.82. The first-order valence-corrected chi connectivity index (χ1v) is 3.92. The Kier molecular flexibility index (Phi) is 1.55. The molecule has 0 aliphatic rings. The van der Waals surface area contributed by atoms with Crippen LogP contribution < -0.4 is 5.73 Å². The van der Waals surface area contributed by atoms with Gasteiger partial charge in [-0.25, -0.2) is 4.98 Å². The van der Waals surface area contributed by atoms with Crippen LogP contribution in [0.5, 0.6) is 0 Å². The quantitative estimate of drug-likeness (QED) is 0.677. The van der Waals surface area contributed by atoms with Gasteiger partial charge in [-0.3, -0.25) is 4.79 Å². The van der Waals surface area contributed by atoms with E-state index in [-0.39, 0.29) is 0 Å². The minimum atomic E-state index is -0.412. The van der Waals surface area contributed by atoms with E-state index in [1.54, 1.807) is 18.5 Å². The summed E-state index contributed by atoms with van der Waals surface area (Å²) in [4.78, 5) is 18.2. The molecule has 0 spiro atoms. The lowest BCUT2D eigenvalue weighted by Gasteiger charge is -2.01. The average molecular weight is 175 g/mol. The Morgan fingerprint density at radius 1 is 1.62 bits per heavy atom. The molecule has 4 nitrogen and oxygen atoms in total. The molecule has 4 heteroatoms. The fraction of sp³-hybridized carbons (Fsp3) is 0.111. The zero-order valence-electron chi connectivity index (χ0n) is 7.16. The minimum Gasteiger partial charge on any atom is -0.366 e. The van der Waals surface area contributed by atoms with Crippen LogP contribution in [0.3, 0.4) is 0 Å². The zero-order chi connectivity index (χ0) is 9.42. The molecule has 2 rings (SSSR count). The van der Waals surface area contributed by atoms with Crippen LogP contribution in [0.1, 0.15) is 15.9 Å². The summed E-state index contributed by atoms with van der Waals surface area (Å²) >= 11 is 0. The lowest BCUT2D eigenvalue weighted by Crippen LogP contribution is -2.13. The molecule has 2 heterocycles. The standard InChI is InChI=1S/C9H9N3O/c1-5-4-12-9-6(2-3-11-9)7(5)8(10)13/h2-4H,1H3,(H2,10,13)(H,11,12). The number of H-pyrrole nitrogens is 1. The molecule has 2 aromatic heterocycles. The number of nitrogens with zero attached hydrogens (tertiary/aromatic N) is 1. The van der Waals surface area contributed by atoms with Gasteiger partial charge in [0.05, 0.1) is 5.56 Å². The summed E-state index contributed by atoms with van der Waals surface area (Å²) in [6.07, 6.45) is 3.38. The molecule has 0 fully saturated rings. The van der Waals surface area contributed by atoms with E-state index in [4.69, 9.17) is 5.73 Å². The predicted molar refractivity (Wildman–Crippen MR) is 49.3 cm³/mol. The van der Waals surface area contributed by atoms with Crippen LogP contribution in [0, 0.1) is 6.92 Å². The SMILES string of the molecule is Cc1cnc2[nH]ccc2c1C(N)=O. The summed E-state index contributed by atoms with van der Waals surface area (Å²) in [7, 11) is 0. The number of rotatable bonds is 1. The van der Waals surface area contributed by atoms with E-state index in [1.807, 2.05) is 6.92 Å². The van der Waals surface area contributed by atoms with Crippen LogP contribution in [-0.2, 0) is 0 Å². The second kappa shape index (κ2) is 2.58. The second-order valence-electron chi connectivity index (χ2n) is 2.92. The van der Waals surface area contributed by atoms with Gasteiger partial charge in [0.25, 0.3) is 0 Å². The fourth-order valence-electron chi connectivity index (χ4n) is 1.43. The Morgan fingerprint density at radius 3 is 3.08 bits per heavy atom. The Balaban J connectivity index is 2.88. The molecule has 0 aliphatic carbocycles. The highest BCUT2D eigenvalue weighted by atomic mass is 16.1. The number of amides is 1. The number of pyridine rings is 1. The van der Waals surface area contributed by atoms with Gasteiger partial charge in [0.1, 0.15) is 5.65 Å². The third kappa shape index (κ3) is 1.07. The molecule has 3 N–H and O–H groups in total. The monoisotopic (exact) mass is 175 g/mol. The number of carbonyl (C=O) groups excluding carboxylic acids is 1. The zero-order valence-corrected chi connectivity index (χ0v) is 7.16. The minimum absolute atomic E-state index is 0.412. The lowest BCUT2D eigenvalue weighted by molar-refractivity contribution is 0.100. The number of hydrogen-bond donors (Lipinski definition) is 2. The van der Waals surface area contributed by atoms with Crippen molar-refractivity contribution in [3.8, 4) is 0 Å². The first-order chi connectivity index (χ1) is 6.20. The van der Waals surface area contributed by atoms with E-state index in [9.17, 15) is 4.79 Å². The van der Waals surface area contributed by atoms with Gasteiger partial charge in [-0.1, -0.05) is 0 Å². The number of nitrogens with two attached hydrogens (primary N) is 1. The first-order valence-electron chi connectivity index (χ1n) is 3.92. The van der Waals surface area contributed by atoms with Gasteiger partial charge in [-0.15, -0.1) is 0 Å². The van der Waals surface area contributed by atoms with Crippen molar-refractivity contribution in [3.63, 3.8) is 0 Å². The van der Waals surface area contributed by atoms with Gasteiger partial charge >= 0.3 is 0 Å². The summed E-state index contributed by atoms with van der Waals surface area (Å²) in [6, 6.07) is 1.80. The molecule has 0 saturated carbocycles. The van der Waals surface area contributed by atoms with Crippen molar-refractivity contribution in [2.75, 3.05) is 0 Å². The summed E-state index contributed by atoms with van der Waals surface area (Å²) in [5.41, 5.74) is 7.31.